The Morgan fingerprint density at radius 2 is 1.20 bits per heavy atom. The molecule has 0 aliphatic rings. The number of unbranched alkanes of at least 4 members (excludes halogenated alkanes) is 18. The molecule has 9 heteroatoms. The first-order valence-electron chi connectivity index (χ1n) is 18.7. The van der Waals surface area contributed by atoms with E-state index in [2.05, 4.69) is 31.3 Å². The number of carbonyl (C=O) groups excluding carboxylic acids is 1. The third-order valence-corrected chi connectivity index (χ3v) is 9.16. The van der Waals surface area contributed by atoms with Gasteiger partial charge in [0.15, 0.2) is 0 Å². The van der Waals surface area contributed by atoms with E-state index in [4.69, 9.17) is 9.05 Å². The van der Waals surface area contributed by atoms with E-state index in [0.29, 0.717) is 17.4 Å². The number of likely N-dealkylation sites (N-methyl/N-ethyl adjacent to an activating group) is 1. The van der Waals surface area contributed by atoms with Gasteiger partial charge in [0.05, 0.1) is 39.9 Å². The first-order chi connectivity index (χ1) is 22.0. The van der Waals surface area contributed by atoms with Gasteiger partial charge in [-0.2, -0.15) is 0 Å². The van der Waals surface area contributed by atoms with E-state index < -0.39 is 20.0 Å². The maximum Gasteiger partial charge on any atom is 0.472 e. The van der Waals surface area contributed by atoms with E-state index in [0.717, 1.165) is 38.5 Å². The zero-order chi connectivity index (χ0) is 34.4. The molecule has 0 aromatic heterocycles. The van der Waals surface area contributed by atoms with Crippen LogP contribution < -0.4 is 5.32 Å². The largest absolute Gasteiger partial charge is 0.472 e. The first kappa shape index (κ1) is 45.0. The van der Waals surface area contributed by atoms with Crippen LogP contribution in [0.4, 0.5) is 0 Å². The molecule has 0 saturated heterocycles. The normalized spacial score (nSPS) is 15.0. The molecule has 272 valence electrons. The molecule has 0 aromatic rings. The molecule has 8 nitrogen and oxygen atoms in total. The SMILES string of the molecule is CCCCCC/C=C/CC/C=C/C(O)C(COP(=O)(O)OCC[N+](C)(C)C)NC(=O)CCCCCCCCCCCCCCCC. The highest BCUT2D eigenvalue weighted by molar-refractivity contribution is 7.47. The van der Waals surface area contributed by atoms with Crippen LogP contribution >= 0.6 is 7.82 Å². The lowest BCUT2D eigenvalue weighted by atomic mass is 10.0. The van der Waals surface area contributed by atoms with Crippen molar-refractivity contribution >= 4 is 13.7 Å². The number of nitrogens with one attached hydrogen (secondary N) is 1. The maximum absolute atomic E-state index is 12.7. The Balaban J connectivity index is 4.54. The summed E-state index contributed by atoms with van der Waals surface area (Å²) in [5.74, 6) is -0.190. The molecule has 3 atom stereocenters. The van der Waals surface area contributed by atoms with Crippen LogP contribution in [0.1, 0.15) is 155 Å². The third-order valence-electron chi connectivity index (χ3n) is 8.17. The highest BCUT2D eigenvalue weighted by atomic mass is 31.2. The zero-order valence-corrected chi connectivity index (χ0v) is 31.5. The third kappa shape index (κ3) is 31.6. The molecular formula is C37H74N2O6P+. The summed E-state index contributed by atoms with van der Waals surface area (Å²) in [7, 11) is 1.55. The average Bonchev–Trinajstić information content (AvgIpc) is 2.99. The van der Waals surface area contributed by atoms with E-state index in [9.17, 15) is 19.4 Å². The second-order valence-electron chi connectivity index (χ2n) is 13.9. The Labute approximate surface area is 284 Å². The van der Waals surface area contributed by atoms with Crippen LogP contribution in [0.15, 0.2) is 24.3 Å². The van der Waals surface area contributed by atoms with Crippen molar-refractivity contribution in [2.75, 3.05) is 40.9 Å². The van der Waals surface area contributed by atoms with Crippen LogP contribution in [0.25, 0.3) is 0 Å². The number of carbonyl (C=O) groups is 1. The van der Waals surface area contributed by atoms with Gasteiger partial charge in [-0.1, -0.05) is 141 Å². The lowest BCUT2D eigenvalue weighted by molar-refractivity contribution is -0.870. The summed E-state index contributed by atoms with van der Waals surface area (Å²) in [5.41, 5.74) is 0. The number of aliphatic hydroxyl groups is 1. The van der Waals surface area contributed by atoms with Crippen molar-refractivity contribution < 1.29 is 32.9 Å². The molecule has 0 fully saturated rings. The monoisotopic (exact) mass is 674 g/mol. The number of quaternary nitrogens is 1. The topological polar surface area (TPSA) is 105 Å². The van der Waals surface area contributed by atoms with E-state index in [1.54, 1.807) is 6.08 Å². The number of phosphoric acid groups is 1. The molecule has 0 heterocycles. The lowest BCUT2D eigenvalue weighted by Crippen LogP contribution is -2.45. The second kappa shape index (κ2) is 30.1. The highest BCUT2D eigenvalue weighted by Crippen LogP contribution is 2.43. The molecule has 0 saturated carbocycles. The van der Waals surface area contributed by atoms with Gasteiger partial charge in [0.2, 0.25) is 5.91 Å². The molecule has 3 N–H and O–H groups in total. The number of hydrogen-bond acceptors (Lipinski definition) is 5. The van der Waals surface area contributed by atoms with Crippen molar-refractivity contribution in [1.29, 1.82) is 0 Å². The van der Waals surface area contributed by atoms with Crippen LogP contribution in [0, 0.1) is 0 Å². The number of allylic oxidation sites excluding steroid dienone is 3. The number of aliphatic hydroxyl groups excluding tert-OH is 1. The van der Waals surface area contributed by atoms with Crippen molar-refractivity contribution in [2.24, 2.45) is 0 Å². The number of hydrogen-bond donors (Lipinski definition) is 3. The van der Waals surface area contributed by atoms with Gasteiger partial charge in [-0.25, -0.2) is 4.57 Å². The van der Waals surface area contributed by atoms with Crippen LogP contribution in [-0.4, -0.2) is 73.4 Å². The van der Waals surface area contributed by atoms with Crippen LogP contribution in [0.3, 0.4) is 0 Å². The van der Waals surface area contributed by atoms with Gasteiger partial charge >= 0.3 is 7.82 Å². The van der Waals surface area contributed by atoms with Gasteiger partial charge in [0, 0.05) is 6.42 Å². The minimum atomic E-state index is -4.33. The fourth-order valence-corrected chi connectivity index (χ4v) is 5.85. The first-order valence-corrected chi connectivity index (χ1v) is 20.2. The molecular weight excluding hydrogens is 599 g/mol. The molecule has 1 amide bonds. The number of amides is 1. The molecule has 0 aliphatic heterocycles. The van der Waals surface area contributed by atoms with Gasteiger partial charge < -0.3 is 19.8 Å². The summed E-state index contributed by atoms with van der Waals surface area (Å²) in [6.45, 7) is 4.73. The quantitative estimate of drug-likeness (QED) is 0.0278. The summed E-state index contributed by atoms with van der Waals surface area (Å²) in [5, 5.41) is 13.7. The Morgan fingerprint density at radius 1 is 0.717 bits per heavy atom. The predicted molar refractivity (Wildman–Crippen MR) is 194 cm³/mol. The maximum atomic E-state index is 12.7. The van der Waals surface area contributed by atoms with E-state index in [-0.39, 0.29) is 19.1 Å². The Kier molecular flexibility index (Phi) is 29.4. The molecule has 46 heavy (non-hydrogen) atoms. The van der Waals surface area contributed by atoms with Gasteiger partial charge in [0.25, 0.3) is 0 Å². The lowest BCUT2D eigenvalue weighted by Gasteiger charge is -2.25. The number of rotatable bonds is 33. The molecule has 0 rings (SSSR count). The van der Waals surface area contributed by atoms with Crippen molar-refractivity contribution in [3.05, 3.63) is 24.3 Å². The summed E-state index contributed by atoms with van der Waals surface area (Å²) >= 11 is 0. The minimum absolute atomic E-state index is 0.0575. The fourth-order valence-electron chi connectivity index (χ4n) is 5.11. The van der Waals surface area contributed by atoms with Crippen LogP contribution in [-0.2, 0) is 18.4 Å². The number of nitrogens with zero attached hydrogens (tertiary/aromatic N) is 1. The smallest absolute Gasteiger partial charge is 0.387 e. The molecule has 0 radical (unpaired) electrons. The Hall–Kier alpha value is -1.02. The van der Waals surface area contributed by atoms with E-state index in [1.165, 1.54) is 96.3 Å². The molecule has 3 unspecified atom stereocenters. The van der Waals surface area contributed by atoms with Crippen LogP contribution in [0.5, 0.6) is 0 Å². The average molecular weight is 674 g/mol. The van der Waals surface area contributed by atoms with Crippen LogP contribution in [0.2, 0.25) is 0 Å². The van der Waals surface area contributed by atoms with Crippen molar-refractivity contribution in [1.82, 2.24) is 5.32 Å². The molecule has 0 spiro atoms. The summed E-state index contributed by atoms with van der Waals surface area (Å²) < 4.78 is 23.4. The fraction of sp³-hybridized carbons (Fsp3) is 0.865. The molecule has 0 aromatic carbocycles. The van der Waals surface area contributed by atoms with Crippen molar-refractivity contribution in [2.45, 2.75) is 167 Å². The molecule has 0 bridgehead atoms. The Bertz CT molecular complexity index is 814. The van der Waals surface area contributed by atoms with Gasteiger partial charge in [-0.3, -0.25) is 13.8 Å². The molecule has 0 aliphatic carbocycles. The summed E-state index contributed by atoms with van der Waals surface area (Å²) in [6.07, 6.45) is 32.4. The zero-order valence-electron chi connectivity index (χ0n) is 30.6. The standard InChI is InChI=1S/C37H73N2O6P/c1-6-8-10-12-14-16-18-19-20-21-23-25-27-29-31-37(41)38-35(34-45-46(42,43)44-33-32-39(3,4)5)36(40)30-28-26-24-22-17-15-13-11-9-7-2/h17,22,28,30,35-36,40H,6-16,18-21,23-27,29,31-34H2,1-5H3,(H-,38,41,42,43)/p+1/b22-17+,30-28+. The second-order valence-corrected chi connectivity index (χ2v) is 15.4. The number of phosphoric ester groups is 1. The van der Waals surface area contributed by atoms with E-state index >= 15 is 0 Å². The van der Waals surface area contributed by atoms with Gasteiger partial charge in [-0.15, -0.1) is 0 Å². The van der Waals surface area contributed by atoms with Crippen molar-refractivity contribution in [3.8, 4) is 0 Å². The van der Waals surface area contributed by atoms with Crippen molar-refractivity contribution in [3.63, 3.8) is 0 Å². The Morgan fingerprint density at radius 3 is 1.74 bits per heavy atom. The minimum Gasteiger partial charge on any atom is -0.387 e. The van der Waals surface area contributed by atoms with E-state index in [1.807, 2.05) is 27.2 Å². The summed E-state index contributed by atoms with van der Waals surface area (Å²) in [4.78, 5) is 22.9. The highest BCUT2D eigenvalue weighted by Gasteiger charge is 2.27. The van der Waals surface area contributed by atoms with Gasteiger partial charge in [-0.05, 0) is 32.1 Å². The van der Waals surface area contributed by atoms with Gasteiger partial charge in [0.1, 0.15) is 13.2 Å². The predicted octanol–water partition coefficient (Wildman–Crippen LogP) is 9.41. The summed E-state index contributed by atoms with van der Waals surface area (Å²) in [6, 6.07) is -0.855.